The third kappa shape index (κ3) is 3.74. The molecule has 1 heterocycles. The molecular formula is C14H17BrFNO2S. The van der Waals surface area contributed by atoms with Gasteiger partial charge in [0.15, 0.2) is 0 Å². The first-order chi connectivity index (χ1) is 9.49. The van der Waals surface area contributed by atoms with Gasteiger partial charge in [0.25, 0.3) is 0 Å². The Morgan fingerprint density at radius 2 is 2.40 bits per heavy atom. The Morgan fingerprint density at radius 1 is 1.65 bits per heavy atom. The van der Waals surface area contributed by atoms with Crippen LogP contribution in [0.4, 0.5) is 4.39 Å². The lowest BCUT2D eigenvalue weighted by molar-refractivity contribution is -0.138. The third-order valence-corrected chi connectivity index (χ3v) is 5.31. The van der Waals surface area contributed by atoms with E-state index in [-0.39, 0.29) is 24.3 Å². The van der Waals surface area contributed by atoms with E-state index in [1.54, 1.807) is 23.9 Å². The van der Waals surface area contributed by atoms with E-state index in [0.717, 1.165) is 23.6 Å². The molecular weight excluding hydrogens is 345 g/mol. The molecule has 0 bridgehead atoms. The quantitative estimate of drug-likeness (QED) is 0.890. The van der Waals surface area contributed by atoms with Gasteiger partial charge in [-0.2, -0.15) is 11.8 Å². The van der Waals surface area contributed by atoms with Gasteiger partial charge in [-0.3, -0.25) is 9.69 Å². The van der Waals surface area contributed by atoms with Crippen LogP contribution in [0.1, 0.15) is 24.9 Å². The van der Waals surface area contributed by atoms with Crippen LogP contribution in [0.2, 0.25) is 0 Å². The Kier molecular flexibility index (Phi) is 5.46. The maximum atomic E-state index is 13.3. The number of aliphatic carboxylic acids is 1. The molecule has 1 N–H and O–H groups in total. The molecule has 0 radical (unpaired) electrons. The van der Waals surface area contributed by atoms with Crippen molar-refractivity contribution in [1.82, 2.24) is 4.90 Å². The second-order valence-corrected chi connectivity index (χ2v) is 6.92. The number of nitrogens with zero attached hydrogens (tertiary/aromatic N) is 1. The molecule has 6 heteroatoms. The Hall–Kier alpha value is -0.590. The highest BCUT2D eigenvalue weighted by atomic mass is 79.9. The van der Waals surface area contributed by atoms with Crippen LogP contribution in [0.5, 0.6) is 0 Å². The summed E-state index contributed by atoms with van der Waals surface area (Å²) < 4.78 is 13.8. The van der Waals surface area contributed by atoms with Crippen LogP contribution >= 0.6 is 27.7 Å². The van der Waals surface area contributed by atoms with Gasteiger partial charge in [-0.25, -0.2) is 4.39 Å². The second kappa shape index (κ2) is 6.91. The average Bonchev–Trinajstić information content (AvgIpc) is 2.41. The Labute approximate surface area is 130 Å². The third-order valence-electron chi connectivity index (χ3n) is 3.61. The Bertz CT molecular complexity index is 500. The molecule has 110 valence electrons. The summed E-state index contributed by atoms with van der Waals surface area (Å²) in [6.07, 6.45) is 0.152. The highest BCUT2D eigenvalue weighted by Crippen LogP contribution is 2.30. The number of thioether (sulfide) groups is 1. The molecule has 0 saturated carbocycles. The van der Waals surface area contributed by atoms with Crippen LogP contribution in [-0.2, 0) is 4.79 Å². The molecule has 0 amide bonds. The summed E-state index contributed by atoms with van der Waals surface area (Å²) in [6, 6.07) is 5.10. The van der Waals surface area contributed by atoms with Crippen molar-refractivity contribution >= 4 is 33.7 Å². The van der Waals surface area contributed by atoms with Crippen molar-refractivity contribution in [1.29, 1.82) is 0 Å². The fourth-order valence-corrected chi connectivity index (χ4v) is 4.00. The van der Waals surface area contributed by atoms with E-state index < -0.39 is 5.97 Å². The van der Waals surface area contributed by atoms with E-state index in [1.165, 1.54) is 6.07 Å². The van der Waals surface area contributed by atoms with E-state index in [9.17, 15) is 9.18 Å². The van der Waals surface area contributed by atoms with Crippen molar-refractivity contribution in [3.8, 4) is 0 Å². The molecule has 1 fully saturated rings. The van der Waals surface area contributed by atoms with Gasteiger partial charge in [0, 0.05) is 30.1 Å². The number of hydrogen-bond donors (Lipinski definition) is 1. The summed E-state index contributed by atoms with van der Waals surface area (Å²) in [5.41, 5.74) is 1.00. The van der Waals surface area contributed by atoms with Crippen LogP contribution in [0.25, 0.3) is 0 Å². The van der Waals surface area contributed by atoms with Gasteiger partial charge >= 0.3 is 5.97 Å². The largest absolute Gasteiger partial charge is 0.481 e. The van der Waals surface area contributed by atoms with Crippen molar-refractivity contribution in [3.05, 3.63) is 34.1 Å². The highest BCUT2D eigenvalue weighted by Gasteiger charge is 2.29. The van der Waals surface area contributed by atoms with Crippen molar-refractivity contribution in [2.45, 2.75) is 25.4 Å². The molecule has 0 aliphatic carbocycles. The first-order valence-corrected chi connectivity index (χ1v) is 8.44. The molecule has 0 aromatic heterocycles. The maximum absolute atomic E-state index is 13.3. The lowest BCUT2D eigenvalue weighted by Gasteiger charge is -2.39. The molecule has 1 aromatic carbocycles. The standard InChI is InChI=1S/C14H17BrFNO2S/c1-9(10-2-3-13(16)12(15)6-10)17-4-5-20-8-11(17)7-14(18)19/h2-3,6,9,11H,4-5,7-8H2,1H3,(H,18,19). The Morgan fingerprint density at radius 3 is 3.05 bits per heavy atom. The number of halogens is 2. The molecule has 0 spiro atoms. The number of carboxylic acid groups (broad SMARTS) is 1. The molecule has 2 atom stereocenters. The minimum absolute atomic E-state index is 0.0325. The van der Waals surface area contributed by atoms with E-state index in [1.807, 2.05) is 6.92 Å². The predicted molar refractivity (Wildman–Crippen MR) is 82.6 cm³/mol. The van der Waals surface area contributed by atoms with Crippen LogP contribution < -0.4 is 0 Å². The van der Waals surface area contributed by atoms with Crippen molar-refractivity contribution in [2.75, 3.05) is 18.1 Å². The molecule has 1 saturated heterocycles. The van der Waals surface area contributed by atoms with Crippen molar-refractivity contribution < 1.29 is 14.3 Å². The number of carbonyl (C=O) groups is 1. The van der Waals surface area contributed by atoms with E-state index in [0.29, 0.717) is 4.47 Å². The predicted octanol–water partition coefficient (Wildman–Crippen LogP) is 3.54. The summed E-state index contributed by atoms with van der Waals surface area (Å²) in [7, 11) is 0. The van der Waals surface area contributed by atoms with Gasteiger partial charge in [-0.15, -0.1) is 0 Å². The molecule has 1 aliphatic rings. The zero-order chi connectivity index (χ0) is 14.7. The summed E-state index contributed by atoms with van der Waals surface area (Å²) in [4.78, 5) is 13.2. The van der Waals surface area contributed by atoms with Gasteiger partial charge in [0.2, 0.25) is 0 Å². The van der Waals surface area contributed by atoms with Crippen LogP contribution in [0.3, 0.4) is 0 Å². The van der Waals surface area contributed by atoms with E-state index in [2.05, 4.69) is 20.8 Å². The van der Waals surface area contributed by atoms with Gasteiger partial charge in [0.1, 0.15) is 5.82 Å². The minimum atomic E-state index is -0.769. The van der Waals surface area contributed by atoms with E-state index in [4.69, 9.17) is 5.11 Å². The fraction of sp³-hybridized carbons (Fsp3) is 0.500. The van der Waals surface area contributed by atoms with Gasteiger partial charge < -0.3 is 5.11 Å². The lowest BCUT2D eigenvalue weighted by Crippen LogP contribution is -2.44. The lowest BCUT2D eigenvalue weighted by atomic mass is 10.0. The number of hydrogen-bond acceptors (Lipinski definition) is 3. The molecule has 20 heavy (non-hydrogen) atoms. The number of benzene rings is 1. The fourth-order valence-electron chi connectivity index (χ4n) is 2.52. The van der Waals surface area contributed by atoms with Crippen molar-refractivity contribution in [3.63, 3.8) is 0 Å². The minimum Gasteiger partial charge on any atom is -0.481 e. The zero-order valence-electron chi connectivity index (χ0n) is 11.2. The summed E-state index contributed by atoms with van der Waals surface area (Å²) in [6.45, 7) is 2.91. The summed E-state index contributed by atoms with van der Waals surface area (Å²) in [5.74, 6) is 0.786. The summed E-state index contributed by atoms with van der Waals surface area (Å²) >= 11 is 4.99. The first kappa shape index (κ1) is 15.8. The van der Waals surface area contributed by atoms with Gasteiger partial charge in [-0.1, -0.05) is 6.07 Å². The molecule has 3 nitrogen and oxygen atoms in total. The van der Waals surface area contributed by atoms with Crippen molar-refractivity contribution in [2.24, 2.45) is 0 Å². The monoisotopic (exact) mass is 361 g/mol. The molecule has 2 rings (SSSR count). The maximum Gasteiger partial charge on any atom is 0.304 e. The SMILES string of the molecule is CC(c1ccc(F)c(Br)c1)N1CCSCC1CC(=O)O. The molecule has 2 unspecified atom stereocenters. The average molecular weight is 362 g/mol. The first-order valence-electron chi connectivity index (χ1n) is 6.49. The Balaban J connectivity index is 2.17. The van der Waals surface area contributed by atoms with Crippen LogP contribution in [0, 0.1) is 5.82 Å². The second-order valence-electron chi connectivity index (χ2n) is 4.91. The summed E-state index contributed by atoms with van der Waals surface area (Å²) in [5, 5.41) is 9.02. The van der Waals surface area contributed by atoms with Gasteiger partial charge in [0.05, 0.1) is 10.9 Å². The normalized spacial score (nSPS) is 21.6. The zero-order valence-corrected chi connectivity index (χ0v) is 13.6. The van der Waals surface area contributed by atoms with Crippen LogP contribution in [0.15, 0.2) is 22.7 Å². The smallest absolute Gasteiger partial charge is 0.304 e. The highest BCUT2D eigenvalue weighted by molar-refractivity contribution is 9.10. The van der Waals surface area contributed by atoms with E-state index >= 15 is 0 Å². The van der Waals surface area contributed by atoms with Crippen LogP contribution in [-0.4, -0.2) is 40.1 Å². The number of carboxylic acids is 1. The number of rotatable bonds is 4. The van der Waals surface area contributed by atoms with Gasteiger partial charge in [-0.05, 0) is 40.5 Å². The topological polar surface area (TPSA) is 40.5 Å². The molecule has 1 aromatic rings. The molecule has 1 aliphatic heterocycles.